The van der Waals surface area contributed by atoms with Crippen LogP contribution in [0.15, 0.2) is 40.6 Å². The molecular formula is C15H19N3O4S2. The zero-order valence-corrected chi connectivity index (χ0v) is 15.1. The lowest BCUT2D eigenvalue weighted by atomic mass is 10.2. The van der Waals surface area contributed by atoms with Crippen LogP contribution in [0, 0.1) is 10.1 Å². The summed E-state index contributed by atoms with van der Waals surface area (Å²) < 4.78 is 26.3. The molecule has 0 saturated carbocycles. The van der Waals surface area contributed by atoms with Gasteiger partial charge in [-0.05, 0) is 23.6 Å². The monoisotopic (exact) mass is 369 g/mol. The van der Waals surface area contributed by atoms with Crippen LogP contribution >= 0.6 is 11.3 Å². The van der Waals surface area contributed by atoms with Crippen LogP contribution in [0.1, 0.15) is 18.7 Å². The van der Waals surface area contributed by atoms with Crippen LogP contribution in [0.3, 0.4) is 0 Å². The molecule has 2 rings (SSSR count). The van der Waals surface area contributed by atoms with Crippen LogP contribution in [0.5, 0.6) is 0 Å². The van der Waals surface area contributed by atoms with E-state index >= 15 is 0 Å². The van der Waals surface area contributed by atoms with E-state index in [1.54, 1.807) is 13.8 Å². The van der Waals surface area contributed by atoms with Crippen molar-refractivity contribution in [2.75, 3.05) is 18.4 Å². The molecule has 0 amide bonds. The van der Waals surface area contributed by atoms with E-state index in [9.17, 15) is 18.5 Å². The van der Waals surface area contributed by atoms with Crippen molar-refractivity contribution >= 4 is 32.7 Å². The zero-order valence-electron chi connectivity index (χ0n) is 13.4. The molecule has 0 aliphatic heterocycles. The van der Waals surface area contributed by atoms with Crippen molar-refractivity contribution < 1.29 is 13.3 Å². The third-order valence-electron chi connectivity index (χ3n) is 3.54. The van der Waals surface area contributed by atoms with Crippen molar-refractivity contribution in [2.45, 2.75) is 25.3 Å². The summed E-state index contributed by atoms with van der Waals surface area (Å²) in [5.74, 6) is 0. The topological polar surface area (TPSA) is 92.6 Å². The molecule has 0 aliphatic rings. The van der Waals surface area contributed by atoms with Gasteiger partial charge in [0.25, 0.3) is 5.69 Å². The van der Waals surface area contributed by atoms with E-state index < -0.39 is 14.9 Å². The highest BCUT2D eigenvalue weighted by molar-refractivity contribution is 7.89. The largest absolute Gasteiger partial charge is 0.375 e. The van der Waals surface area contributed by atoms with Gasteiger partial charge in [0.05, 0.1) is 9.82 Å². The summed E-state index contributed by atoms with van der Waals surface area (Å²) >= 11 is 1.54. The highest BCUT2D eigenvalue weighted by atomic mass is 32.2. The molecule has 0 aliphatic carbocycles. The summed E-state index contributed by atoms with van der Waals surface area (Å²) in [6, 6.07) is 7.78. The molecule has 0 bridgehead atoms. The molecule has 1 aromatic carbocycles. The molecular weight excluding hydrogens is 350 g/mol. The van der Waals surface area contributed by atoms with Crippen molar-refractivity contribution in [2.24, 2.45) is 0 Å². The van der Waals surface area contributed by atoms with Crippen LogP contribution in [-0.4, -0.2) is 30.7 Å². The molecule has 2 aromatic rings. The minimum absolute atomic E-state index is 0.0698. The minimum Gasteiger partial charge on any atom is -0.375 e. The number of thiophene rings is 1. The molecule has 130 valence electrons. The second kappa shape index (κ2) is 7.73. The molecule has 9 heteroatoms. The Kier molecular flexibility index (Phi) is 5.92. The number of nitro groups is 1. The highest BCUT2D eigenvalue weighted by Crippen LogP contribution is 2.29. The lowest BCUT2D eigenvalue weighted by Crippen LogP contribution is -2.30. The van der Waals surface area contributed by atoms with Crippen molar-refractivity contribution in [3.05, 3.63) is 50.7 Å². The minimum atomic E-state index is -3.73. The normalized spacial score (nSPS) is 11.6. The van der Waals surface area contributed by atoms with Gasteiger partial charge in [0, 0.05) is 30.6 Å². The van der Waals surface area contributed by atoms with Gasteiger partial charge in [0.1, 0.15) is 5.69 Å². The Morgan fingerprint density at radius 1 is 1.25 bits per heavy atom. The number of nitrogens with zero attached hydrogens (tertiary/aromatic N) is 2. The second-order valence-corrected chi connectivity index (χ2v) is 7.93. The number of nitrogens with one attached hydrogen (secondary N) is 1. The van der Waals surface area contributed by atoms with Crippen LogP contribution in [0.4, 0.5) is 11.4 Å². The quantitative estimate of drug-likeness (QED) is 0.569. The van der Waals surface area contributed by atoms with Gasteiger partial charge in [0.15, 0.2) is 0 Å². The second-order valence-electron chi connectivity index (χ2n) is 4.96. The fraction of sp³-hybridized carbons (Fsp3) is 0.333. The van der Waals surface area contributed by atoms with Gasteiger partial charge in [-0.15, -0.1) is 11.3 Å². The highest BCUT2D eigenvalue weighted by Gasteiger charge is 2.25. The number of benzene rings is 1. The number of anilines is 1. The molecule has 0 unspecified atom stereocenters. The maximum atomic E-state index is 12.5. The van der Waals surface area contributed by atoms with Crippen LogP contribution in [-0.2, 0) is 16.6 Å². The Morgan fingerprint density at radius 2 is 1.96 bits per heavy atom. The average molecular weight is 369 g/mol. The SMILES string of the molecule is CCN(CC)S(=O)(=O)c1ccc(NCc2cccs2)c([N+](=O)[O-])c1. The molecule has 0 radical (unpaired) electrons. The van der Waals surface area contributed by atoms with E-state index in [0.29, 0.717) is 25.3 Å². The first-order valence-corrected chi connectivity index (χ1v) is 9.77. The Bertz CT molecular complexity index is 800. The Labute approximate surface area is 145 Å². The standard InChI is InChI=1S/C15H19N3O4S2/c1-3-17(4-2)24(21,22)13-7-8-14(15(10-13)18(19)20)16-11-12-6-5-9-23-12/h5-10,16H,3-4,11H2,1-2H3. The van der Waals surface area contributed by atoms with Gasteiger partial charge in [-0.25, -0.2) is 8.42 Å². The third-order valence-corrected chi connectivity index (χ3v) is 6.46. The molecule has 1 heterocycles. The predicted octanol–water partition coefficient (Wildman–Crippen LogP) is 3.30. The summed E-state index contributed by atoms with van der Waals surface area (Å²) in [6.45, 7) is 4.52. The summed E-state index contributed by atoms with van der Waals surface area (Å²) in [5, 5.41) is 16.2. The molecule has 0 saturated heterocycles. The lowest BCUT2D eigenvalue weighted by molar-refractivity contribution is -0.384. The van der Waals surface area contributed by atoms with Crippen LogP contribution < -0.4 is 5.32 Å². The number of hydrogen-bond acceptors (Lipinski definition) is 6. The average Bonchev–Trinajstić information content (AvgIpc) is 3.07. The number of rotatable bonds is 8. The fourth-order valence-corrected chi connectivity index (χ4v) is 4.40. The van der Waals surface area contributed by atoms with E-state index in [1.165, 1.54) is 27.8 Å². The van der Waals surface area contributed by atoms with Gasteiger partial charge in [-0.1, -0.05) is 19.9 Å². The van der Waals surface area contributed by atoms with E-state index in [1.807, 2.05) is 17.5 Å². The summed E-state index contributed by atoms with van der Waals surface area (Å²) in [5.41, 5.74) is 0.0479. The molecule has 0 fully saturated rings. The van der Waals surface area contributed by atoms with Gasteiger partial charge in [-0.2, -0.15) is 4.31 Å². The fourth-order valence-electron chi connectivity index (χ4n) is 2.28. The molecule has 0 spiro atoms. The van der Waals surface area contributed by atoms with Crippen LogP contribution in [0.25, 0.3) is 0 Å². The van der Waals surface area contributed by atoms with E-state index in [2.05, 4.69) is 5.32 Å². The van der Waals surface area contributed by atoms with Crippen molar-refractivity contribution in [1.29, 1.82) is 0 Å². The first kappa shape index (κ1) is 18.4. The van der Waals surface area contributed by atoms with Crippen molar-refractivity contribution in [1.82, 2.24) is 4.31 Å². The zero-order chi connectivity index (χ0) is 17.7. The number of sulfonamides is 1. The molecule has 0 atom stereocenters. The Morgan fingerprint density at radius 3 is 2.50 bits per heavy atom. The van der Waals surface area contributed by atoms with Gasteiger partial charge in [0.2, 0.25) is 10.0 Å². The first-order chi connectivity index (χ1) is 11.4. The number of hydrogen-bond donors (Lipinski definition) is 1. The van der Waals surface area contributed by atoms with Gasteiger partial charge >= 0.3 is 0 Å². The number of nitro benzene ring substituents is 1. The summed E-state index contributed by atoms with van der Waals surface area (Å²) in [4.78, 5) is 11.7. The Balaban J connectivity index is 2.34. The van der Waals surface area contributed by atoms with Crippen molar-refractivity contribution in [3.63, 3.8) is 0 Å². The van der Waals surface area contributed by atoms with Crippen LogP contribution in [0.2, 0.25) is 0 Å². The third kappa shape index (κ3) is 3.92. The van der Waals surface area contributed by atoms with Gasteiger partial charge in [-0.3, -0.25) is 10.1 Å². The Hall–Kier alpha value is -1.97. The van der Waals surface area contributed by atoms with E-state index in [4.69, 9.17) is 0 Å². The summed E-state index contributed by atoms with van der Waals surface area (Å²) in [6.07, 6.45) is 0. The predicted molar refractivity (Wildman–Crippen MR) is 94.8 cm³/mol. The van der Waals surface area contributed by atoms with Crippen molar-refractivity contribution in [3.8, 4) is 0 Å². The smallest absolute Gasteiger partial charge is 0.293 e. The summed E-state index contributed by atoms with van der Waals surface area (Å²) in [7, 11) is -3.73. The first-order valence-electron chi connectivity index (χ1n) is 7.45. The maximum absolute atomic E-state index is 12.5. The molecule has 7 nitrogen and oxygen atoms in total. The van der Waals surface area contributed by atoms with E-state index in [-0.39, 0.29) is 10.6 Å². The molecule has 1 N–H and O–H groups in total. The van der Waals surface area contributed by atoms with Gasteiger partial charge < -0.3 is 5.32 Å². The molecule has 24 heavy (non-hydrogen) atoms. The van der Waals surface area contributed by atoms with E-state index in [0.717, 1.165) is 10.9 Å². The maximum Gasteiger partial charge on any atom is 0.293 e. The lowest BCUT2D eigenvalue weighted by Gasteiger charge is -2.18. The molecule has 1 aromatic heterocycles.